The lowest BCUT2D eigenvalue weighted by Crippen LogP contribution is -2.40. The first-order chi connectivity index (χ1) is 8.80. The highest BCUT2D eigenvalue weighted by Gasteiger charge is 2.38. The fourth-order valence-electron chi connectivity index (χ4n) is 3.66. The molecular formula is C14H26N4O. The first-order valence-corrected chi connectivity index (χ1v) is 7.09. The van der Waals surface area contributed by atoms with Crippen LogP contribution in [0, 0.1) is 10.8 Å². The zero-order chi connectivity index (χ0) is 14.1. The smallest absolute Gasteiger partial charge is 0.315 e. The van der Waals surface area contributed by atoms with Crippen molar-refractivity contribution in [3.63, 3.8) is 0 Å². The second-order valence-corrected chi connectivity index (χ2v) is 7.29. The maximum Gasteiger partial charge on any atom is 0.315 e. The number of nitrogens with one attached hydrogen (secondary N) is 1. The van der Waals surface area contributed by atoms with E-state index in [1.807, 2.05) is 0 Å². The van der Waals surface area contributed by atoms with E-state index in [-0.39, 0.29) is 0 Å². The van der Waals surface area contributed by atoms with Gasteiger partial charge >= 0.3 is 6.01 Å². The molecule has 2 rings (SSSR count). The molecule has 1 aromatic rings. The lowest BCUT2D eigenvalue weighted by Gasteiger charge is -2.44. The van der Waals surface area contributed by atoms with Gasteiger partial charge in [0.15, 0.2) is 0 Å². The van der Waals surface area contributed by atoms with E-state index in [1.54, 1.807) is 0 Å². The fourth-order valence-corrected chi connectivity index (χ4v) is 3.66. The van der Waals surface area contributed by atoms with Gasteiger partial charge in [0.05, 0.1) is 0 Å². The highest BCUT2D eigenvalue weighted by molar-refractivity contribution is 5.21. The molecule has 1 heterocycles. The van der Waals surface area contributed by atoms with Crippen molar-refractivity contribution in [1.82, 2.24) is 10.2 Å². The molecule has 0 spiro atoms. The molecule has 0 saturated heterocycles. The Hall–Kier alpha value is -1.10. The van der Waals surface area contributed by atoms with Crippen LogP contribution in [0.25, 0.3) is 0 Å². The Morgan fingerprint density at radius 2 is 1.84 bits per heavy atom. The van der Waals surface area contributed by atoms with Gasteiger partial charge in [-0.25, -0.2) is 0 Å². The average molecular weight is 266 g/mol. The molecule has 0 bridgehead atoms. The Balaban J connectivity index is 2.01. The van der Waals surface area contributed by atoms with Gasteiger partial charge in [-0.1, -0.05) is 32.8 Å². The largest absolute Gasteiger partial charge is 0.408 e. The standard InChI is InChI=1S/C14H26N4O/c1-13(2)7-10(8-14(3,4)9-13)16-12-18-17-11(19-12)5-6-15/h10H,5-9,15H2,1-4H3,(H,16,18). The van der Waals surface area contributed by atoms with Gasteiger partial charge < -0.3 is 15.5 Å². The molecule has 1 aliphatic carbocycles. The third kappa shape index (κ3) is 3.93. The minimum absolute atomic E-state index is 0.347. The molecule has 1 aromatic heterocycles. The molecule has 0 aromatic carbocycles. The molecule has 1 aliphatic rings. The summed E-state index contributed by atoms with van der Waals surface area (Å²) in [6, 6.07) is 0.923. The average Bonchev–Trinajstić information content (AvgIpc) is 2.60. The summed E-state index contributed by atoms with van der Waals surface area (Å²) < 4.78 is 5.55. The number of hydrogen-bond donors (Lipinski definition) is 2. The summed E-state index contributed by atoms with van der Waals surface area (Å²) in [6.07, 6.45) is 4.15. The maximum atomic E-state index is 5.55. The number of rotatable bonds is 4. The number of aromatic nitrogens is 2. The van der Waals surface area contributed by atoms with E-state index in [4.69, 9.17) is 10.2 Å². The molecule has 0 atom stereocenters. The van der Waals surface area contributed by atoms with Gasteiger partial charge in [-0.15, -0.1) is 5.10 Å². The molecule has 0 radical (unpaired) electrons. The lowest BCUT2D eigenvalue weighted by molar-refractivity contribution is 0.104. The highest BCUT2D eigenvalue weighted by atomic mass is 16.4. The highest BCUT2D eigenvalue weighted by Crippen LogP contribution is 2.46. The van der Waals surface area contributed by atoms with Gasteiger partial charge in [0, 0.05) is 19.0 Å². The summed E-state index contributed by atoms with van der Waals surface area (Å²) in [4.78, 5) is 0. The Morgan fingerprint density at radius 1 is 1.21 bits per heavy atom. The van der Waals surface area contributed by atoms with Crippen molar-refractivity contribution >= 4 is 6.01 Å². The van der Waals surface area contributed by atoms with Crippen LogP contribution in [0.1, 0.15) is 52.8 Å². The maximum absolute atomic E-state index is 5.55. The predicted molar refractivity (Wildman–Crippen MR) is 75.9 cm³/mol. The van der Waals surface area contributed by atoms with Crippen molar-refractivity contribution in [3.05, 3.63) is 5.89 Å². The van der Waals surface area contributed by atoms with Gasteiger partial charge in [-0.05, 0) is 30.1 Å². The van der Waals surface area contributed by atoms with Crippen LogP contribution in [-0.4, -0.2) is 22.8 Å². The molecule has 5 heteroatoms. The van der Waals surface area contributed by atoms with Crippen LogP contribution < -0.4 is 11.1 Å². The minimum atomic E-state index is 0.347. The van der Waals surface area contributed by atoms with E-state index >= 15 is 0 Å². The molecule has 108 valence electrons. The van der Waals surface area contributed by atoms with E-state index in [0.717, 1.165) is 12.8 Å². The molecule has 1 saturated carbocycles. The molecule has 3 N–H and O–H groups in total. The van der Waals surface area contributed by atoms with Gasteiger partial charge in [-0.3, -0.25) is 0 Å². The first-order valence-electron chi connectivity index (χ1n) is 7.09. The Bertz CT molecular complexity index is 409. The van der Waals surface area contributed by atoms with Crippen molar-refractivity contribution in [3.8, 4) is 0 Å². The zero-order valence-electron chi connectivity index (χ0n) is 12.5. The number of hydrogen-bond acceptors (Lipinski definition) is 5. The second kappa shape index (κ2) is 5.12. The monoisotopic (exact) mass is 266 g/mol. The normalized spacial score (nSPS) is 22.4. The van der Waals surface area contributed by atoms with Crippen LogP contribution in [0.5, 0.6) is 0 Å². The molecule has 5 nitrogen and oxygen atoms in total. The molecule has 0 amide bonds. The van der Waals surface area contributed by atoms with Crippen molar-refractivity contribution in [2.75, 3.05) is 11.9 Å². The summed E-state index contributed by atoms with van der Waals surface area (Å²) in [7, 11) is 0. The second-order valence-electron chi connectivity index (χ2n) is 7.29. The van der Waals surface area contributed by atoms with Crippen LogP contribution in [0.15, 0.2) is 4.42 Å². The Kier molecular flexibility index (Phi) is 3.85. The lowest BCUT2D eigenvalue weighted by atomic mass is 9.63. The van der Waals surface area contributed by atoms with Gasteiger partial charge in [0.2, 0.25) is 5.89 Å². The van der Waals surface area contributed by atoms with Gasteiger partial charge in [-0.2, -0.15) is 0 Å². The summed E-state index contributed by atoms with van der Waals surface area (Å²) in [5.41, 5.74) is 6.17. The summed E-state index contributed by atoms with van der Waals surface area (Å²) in [6.45, 7) is 9.85. The van der Waals surface area contributed by atoms with Crippen LogP contribution >= 0.6 is 0 Å². The molecular weight excluding hydrogens is 240 g/mol. The number of anilines is 1. The van der Waals surface area contributed by atoms with E-state index in [1.165, 1.54) is 6.42 Å². The molecule has 0 aliphatic heterocycles. The third-order valence-electron chi connectivity index (χ3n) is 3.71. The zero-order valence-corrected chi connectivity index (χ0v) is 12.5. The van der Waals surface area contributed by atoms with Crippen LogP contribution in [0.3, 0.4) is 0 Å². The molecule has 0 unspecified atom stereocenters. The molecule has 1 fully saturated rings. The van der Waals surface area contributed by atoms with Crippen LogP contribution in [-0.2, 0) is 6.42 Å². The summed E-state index contributed by atoms with van der Waals surface area (Å²) in [5, 5.41) is 11.4. The SMILES string of the molecule is CC1(C)CC(Nc2nnc(CCN)o2)CC(C)(C)C1. The van der Waals surface area contributed by atoms with E-state index in [2.05, 4.69) is 43.2 Å². The van der Waals surface area contributed by atoms with Crippen LogP contribution in [0.2, 0.25) is 0 Å². The van der Waals surface area contributed by atoms with Crippen LogP contribution in [0.4, 0.5) is 6.01 Å². The van der Waals surface area contributed by atoms with E-state index < -0.39 is 0 Å². The number of nitrogens with zero attached hydrogens (tertiary/aromatic N) is 2. The summed E-state index contributed by atoms with van der Waals surface area (Å²) >= 11 is 0. The fraction of sp³-hybridized carbons (Fsp3) is 0.857. The number of nitrogens with two attached hydrogens (primary N) is 1. The Morgan fingerprint density at radius 3 is 2.42 bits per heavy atom. The van der Waals surface area contributed by atoms with Crippen molar-refractivity contribution in [1.29, 1.82) is 0 Å². The molecule has 19 heavy (non-hydrogen) atoms. The Labute approximate surface area is 115 Å². The predicted octanol–water partition coefficient (Wildman–Crippen LogP) is 2.59. The summed E-state index contributed by atoms with van der Waals surface area (Å²) in [5.74, 6) is 0.610. The van der Waals surface area contributed by atoms with E-state index in [9.17, 15) is 0 Å². The quantitative estimate of drug-likeness (QED) is 0.876. The topological polar surface area (TPSA) is 77.0 Å². The van der Waals surface area contributed by atoms with Crippen molar-refractivity contribution in [2.24, 2.45) is 16.6 Å². The van der Waals surface area contributed by atoms with Gasteiger partial charge in [0.1, 0.15) is 0 Å². The minimum Gasteiger partial charge on any atom is -0.408 e. The first kappa shape index (κ1) is 14.3. The van der Waals surface area contributed by atoms with Gasteiger partial charge in [0.25, 0.3) is 0 Å². The van der Waals surface area contributed by atoms with Crippen molar-refractivity contribution < 1.29 is 4.42 Å². The van der Waals surface area contributed by atoms with Crippen molar-refractivity contribution in [2.45, 2.75) is 59.4 Å². The van der Waals surface area contributed by atoms with E-state index in [0.29, 0.717) is 41.7 Å². The third-order valence-corrected chi connectivity index (χ3v) is 3.71.